The highest BCUT2D eigenvalue weighted by Crippen LogP contribution is 2.35. The summed E-state index contributed by atoms with van der Waals surface area (Å²) in [5, 5.41) is 16.9. The zero-order valence-corrected chi connectivity index (χ0v) is 34.5. The highest BCUT2D eigenvalue weighted by molar-refractivity contribution is 9.11. The summed E-state index contributed by atoms with van der Waals surface area (Å²) in [4.78, 5) is 70.2. The number of benzene rings is 2. The highest BCUT2D eigenvalue weighted by atomic mass is 79.9. The molecule has 3 fully saturated rings. The number of hydrogen-bond donors (Lipinski definition) is 4. The van der Waals surface area contributed by atoms with Crippen molar-refractivity contribution in [3.05, 3.63) is 81.0 Å². The summed E-state index contributed by atoms with van der Waals surface area (Å²) >= 11 is 6.81. The number of pyridine rings is 1. The van der Waals surface area contributed by atoms with Crippen molar-refractivity contribution in [3.63, 3.8) is 0 Å². The minimum atomic E-state index is -1.17. The molecule has 3 saturated heterocycles. The highest BCUT2D eigenvalue weighted by Gasteiger charge is 2.44. The van der Waals surface area contributed by atoms with Crippen LogP contribution in [0.25, 0.3) is 0 Å². The lowest BCUT2D eigenvalue weighted by molar-refractivity contribution is -0.139. The molecule has 0 radical (unpaired) electrons. The van der Waals surface area contributed by atoms with Gasteiger partial charge in [0.1, 0.15) is 17.8 Å². The van der Waals surface area contributed by atoms with Crippen LogP contribution in [-0.4, -0.2) is 124 Å². The van der Waals surface area contributed by atoms with Crippen molar-refractivity contribution in [1.29, 1.82) is 0 Å². The van der Waals surface area contributed by atoms with Gasteiger partial charge in [0.15, 0.2) is 0 Å². The van der Waals surface area contributed by atoms with Gasteiger partial charge in [0, 0.05) is 82.0 Å². The number of piperidine rings is 2. The van der Waals surface area contributed by atoms with Crippen molar-refractivity contribution in [3.8, 4) is 5.75 Å². The summed E-state index contributed by atoms with van der Waals surface area (Å²) in [7, 11) is 0. The van der Waals surface area contributed by atoms with E-state index in [9.17, 15) is 19.5 Å². The van der Waals surface area contributed by atoms with Crippen molar-refractivity contribution >= 4 is 67.1 Å². The van der Waals surface area contributed by atoms with Gasteiger partial charge in [-0.15, -0.1) is 0 Å². The average Bonchev–Trinajstić information content (AvgIpc) is 3.22. The van der Waals surface area contributed by atoms with Crippen LogP contribution >= 0.6 is 31.9 Å². The first-order valence-electron chi connectivity index (χ1n) is 19.4. The van der Waals surface area contributed by atoms with Crippen LogP contribution in [0.1, 0.15) is 43.2 Å². The largest absolute Gasteiger partial charge is 0.506 e. The van der Waals surface area contributed by atoms with E-state index in [1.54, 1.807) is 29.4 Å². The molecular formula is C40H49Br2N9O5. The molecule has 0 aliphatic carbocycles. The number of phenols is 1. The Hall–Kier alpha value is -4.41. The molecule has 0 spiro atoms. The molecule has 3 aromatic rings. The maximum Gasteiger partial charge on any atom is 0.322 e. The van der Waals surface area contributed by atoms with E-state index in [-0.39, 0.29) is 36.1 Å². The first-order valence-corrected chi connectivity index (χ1v) is 21.0. The topological polar surface area (TPSA) is 168 Å². The molecule has 1 aromatic heterocycles. The van der Waals surface area contributed by atoms with Crippen LogP contribution in [0.2, 0.25) is 0 Å². The lowest BCUT2D eigenvalue weighted by Gasteiger charge is -2.46. The fourth-order valence-electron chi connectivity index (χ4n) is 8.55. The molecule has 298 valence electrons. The number of carbonyl (C=O) groups is 4. The van der Waals surface area contributed by atoms with E-state index in [1.807, 2.05) is 46.2 Å². The van der Waals surface area contributed by atoms with Crippen LogP contribution in [0.15, 0.2) is 69.9 Å². The first kappa shape index (κ1) is 39.8. The van der Waals surface area contributed by atoms with Gasteiger partial charge in [0.25, 0.3) is 0 Å². The van der Waals surface area contributed by atoms with Gasteiger partial charge < -0.3 is 46.0 Å². The van der Waals surface area contributed by atoms with Gasteiger partial charge in [-0.3, -0.25) is 14.6 Å². The minimum Gasteiger partial charge on any atom is -0.506 e. The summed E-state index contributed by atoms with van der Waals surface area (Å²) in [6.07, 6.45) is 6.70. The molecule has 56 heavy (non-hydrogen) atoms. The van der Waals surface area contributed by atoms with Gasteiger partial charge in [-0.1, -0.05) is 18.2 Å². The molecule has 14 nitrogen and oxygen atoms in total. The second-order valence-electron chi connectivity index (χ2n) is 15.1. The van der Waals surface area contributed by atoms with Crippen molar-refractivity contribution in [2.75, 3.05) is 62.6 Å². The summed E-state index contributed by atoms with van der Waals surface area (Å²) in [6, 6.07) is 12.3. The molecule has 5 heterocycles. The summed E-state index contributed by atoms with van der Waals surface area (Å²) in [5.41, 5.74) is 9.77. The molecule has 0 bridgehead atoms. The van der Waals surface area contributed by atoms with Crippen molar-refractivity contribution < 1.29 is 24.3 Å². The lowest BCUT2D eigenvalue weighted by atomic mass is 9.88. The van der Waals surface area contributed by atoms with E-state index in [2.05, 4.69) is 52.4 Å². The molecule has 4 aliphatic heterocycles. The third-order valence-electron chi connectivity index (χ3n) is 11.7. The Morgan fingerprint density at radius 1 is 0.893 bits per heavy atom. The van der Waals surface area contributed by atoms with Crippen LogP contribution < -0.4 is 21.3 Å². The molecule has 7 rings (SSSR count). The van der Waals surface area contributed by atoms with E-state index >= 15 is 4.79 Å². The van der Waals surface area contributed by atoms with Crippen LogP contribution in [0.5, 0.6) is 5.75 Å². The SMILES string of the molecule is NC(=O)[C@H](Cc1cc(Br)c(O)c(Br)c1)N(C(=O)N1CCC(N2Cc3ccccc3NC2=O)CC1)[C@H](CC1CCNCC1)C(=O)N1CCN(c2ccncc2)CC1. The zero-order valence-electron chi connectivity index (χ0n) is 31.3. The number of nitrogens with two attached hydrogens (primary N) is 1. The van der Waals surface area contributed by atoms with Crippen LogP contribution in [0.3, 0.4) is 0 Å². The van der Waals surface area contributed by atoms with Gasteiger partial charge in [0.05, 0.1) is 8.95 Å². The number of rotatable bonds is 10. The third kappa shape index (κ3) is 8.92. The number of hydrogen-bond acceptors (Lipinski definition) is 8. The standard InChI is InChI=1S/C40H49Br2N9O5/c41-31-21-27(22-32(42)36(31)52)24-34(37(43)53)51(40(56)49-15-9-30(10-16-49)50-25-28-3-1-2-4-33(28)46-39(50)55)35(23-26-5-11-44-12-6-26)38(54)48-19-17-47(18-20-48)29-7-13-45-14-8-29/h1-4,7-8,13-14,21-22,26,30,34-35,44,52H,5-6,9-12,15-20,23-25H2,(H2,43,53)(H,46,55)/t34-,35+/m0/s1. The maximum atomic E-state index is 15.1. The Balaban J connectivity index is 1.18. The van der Waals surface area contributed by atoms with Crippen LogP contribution in [-0.2, 0) is 22.6 Å². The lowest BCUT2D eigenvalue weighted by Crippen LogP contribution is -2.64. The average molecular weight is 896 g/mol. The normalized spacial score (nSPS) is 19.2. The Kier molecular flexibility index (Phi) is 12.7. The van der Waals surface area contributed by atoms with Crippen molar-refractivity contribution in [2.45, 2.75) is 63.2 Å². The Morgan fingerprint density at radius 2 is 1.55 bits per heavy atom. The number of para-hydroxylation sites is 1. The molecule has 0 unspecified atom stereocenters. The molecule has 2 atom stereocenters. The number of aromatic hydroxyl groups is 1. The van der Waals surface area contributed by atoms with Crippen LogP contribution in [0.4, 0.5) is 21.0 Å². The number of primary amides is 1. The second-order valence-corrected chi connectivity index (χ2v) is 16.8. The Labute approximate surface area is 344 Å². The summed E-state index contributed by atoms with van der Waals surface area (Å²) in [5.74, 6) is -0.752. The van der Waals surface area contributed by atoms with Gasteiger partial charge in [-0.25, -0.2) is 9.59 Å². The van der Waals surface area contributed by atoms with E-state index in [1.165, 1.54) is 4.90 Å². The minimum absolute atomic E-state index is 0.0101. The number of amides is 6. The third-order valence-corrected chi connectivity index (χ3v) is 12.9. The van der Waals surface area contributed by atoms with Crippen molar-refractivity contribution in [1.82, 2.24) is 29.9 Å². The fraction of sp³-hybridized carbons (Fsp3) is 0.475. The number of piperazine rings is 1. The van der Waals surface area contributed by atoms with Gasteiger partial charge in [0.2, 0.25) is 11.8 Å². The summed E-state index contributed by atoms with van der Waals surface area (Å²) < 4.78 is 0.840. The number of nitrogens with zero attached hydrogens (tertiary/aromatic N) is 6. The Morgan fingerprint density at radius 3 is 2.21 bits per heavy atom. The summed E-state index contributed by atoms with van der Waals surface area (Å²) in [6.45, 7) is 4.91. The number of carbonyl (C=O) groups excluding carboxylic acids is 4. The smallest absolute Gasteiger partial charge is 0.322 e. The van der Waals surface area contributed by atoms with Crippen LogP contribution in [0, 0.1) is 5.92 Å². The second kappa shape index (κ2) is 17.8. The first-order chi connectivity index (χ1) is 27.1. The van der Waals surface area contributed by atoms with E-state index in [0.29, 0.717) is 79.6 Å². The number of urea groups is 2. The molecular weight excluding hydrogens is 846 g/mol. The molecule has 2 aromatic carbocycles. The number of likely N-dealkylation sites (tertiary alicyclic amines) is 1. The van der Waals surface area contributed by atoms with E-state index < -0.39 is 24.0 Å². The maximum absolute atomic E-state index is 15.1. The number of nitrogens with one attached hydrogen (secondary N) is 2. The van der Waals surface area contributed by atoms with Crippen molar-refractivity contribution in [2.24, 2.45) is 11.7 Å². The molecule has 16 heteroatoms. The van der Waals surface area contributed by atoms with Gasteiger partial charge in [-0.05, 0) is 124 Å². The van der Waals surface area contributed by atoms with Gasteiger partial charge >= 0.3 is 12.1 Å². The Bertz CT molecular complexity index is 1880. The number of anilines is 2. The number of phenolic OH excluding ortho intramolecular Hbond substituents is 1. The molecule has 4 aliphatic rings. The van der Waals surface area contributed by atoms with Gasteiger partial charge in [-0.2, -0.15) is 0 Å². The quantitative estimate of drug-likeness (QED) is 0.226. The molecule has 5 N–H and O–H groups in total. The predicted molar refractivity (Wildman–Crippen MR) is 220 cm³/mol. The zero-order chi connectivity index (χ0) is 39.3. The van der Waals surface area contributed by atoms with E-state index in [0.717, 1.165) is 42.9 Å². The number of halogens is 2. The van der Waals surface area contributed by atoms with E-state index in [4.69, 9.17) is 5.73 Å². The number of fused-ring (bicyclic) bond motifs is 1. The fourth-order valence-corrected chi connectivity index (χ4v) is 9.83. The predicted octanol–water partition coefficient (Wildman–Crippen LogP) is 4.75. The number of aromatic nitrogens is 1. The molecule has 6 amide bonds. The monoisotopic (exact) mass is 893 g/mol. The molecule has 0 saturated carbocycles.